The first kappa shape index (κ1) is 21.2. The van der Waals surface area contributed by atoms with Gasteiger partial charge in [0.2, 0.25) is 0 Å². The van der Waals surface area contributed by atoms with Crippen molar-refractivity contribution in [2.45, 2.75) is 0 Å². The number of amides is 2. The number of ether oxygens (including phenoxy) is 2. The van der Waals surface area contributed by atoms with Crippen molar-refractivity contribution in [1.82, 2.24) is 0 Å². The fourth-order valence-electron chi connectivity index (χ4n) is 3.76. The fourth-order valence-corrected chi connectivity index (χ4v) is 3.76. The van der Waals surface area contributed by atoms with Crippen molar-refractivity contribution in [2.24, 2.45) is 0 Å². The Bertz CT molecular complexity index is 1330. The monoisotopic (exact) mass is 449 g/mol. The molecule has 1 heterocycles. The molecule has 0 radical (unpaired) electrons. The van der Waals surface area contributed by atoms with Gasteiger partial charge in [-0.2, -0.15) is 0 Å². The van der Waals surface area contributed by atoms with Crippen molar-refractivity contribution in [3.05, 3.63) is 114 Å². The molecule has 0 fully saturated rings. The van der Waals surface area contributed by atoms with E-state index in [4.69, 9.17) is 9.47 Å². The number of carbonyl (C=O) groups excluding carboxylic acids is 3. The minimum atomic E-state index is -0.569. The Hall–Kier alpha value is -4.71. The van der Waals surface area contributed by atoms with E-state index in [-0.39, 0.29) is 24.2 Å². The highest BCUT2D eigenvalue weighted by atomic mass is 16.6. The average molecular weight is 449 g/mol. The first-order valence-corrected chi connectivity index (χ1v) is 10.7. The van der Waals surface area contributed by atoms with Crippen LogP contribution in [0.3, 0.4) is 0 Å². The van der Waals surface area contributed by atoms with E-state index in [2.05, 4.69) is 0 Å². The predicted molar refractivity (Wildman–Crippen MR) is 127 cm³/mol. The number of esters is 1. The Kier molecular flexibility index (Phi) is 5.62. The number of hydrogen-bond acceptors (Lipinski definition) is 5. The third-order valence-corrected chi connectivity index (χ3v) is 5.44. The van der Waals surface area contributed by atoms with Crippen molar-refractivity contribution in [3.63, 3.8) is 0 Å². The Morgan fingerprint density at radius 3 is 1.76 bits per heavy atom. The summed E-state index contributed by atoms with van der Waals surface area (Å²) in [6, 6.07) is 30.3. The van der Waals surface area contributed by atoms with E-state index in [1.165, 1.54) is 12.1 Å². The number of hydrogen-bond donors (Lipinski definition) is 0. The van der Waals surface area contributed by atoms with Crippen molar-refractivity contribution < 1.29 is 23.9 Å². The molecule has 6 nitrogen and oxygen atoms in total. The lowest BCUT2D eigenvalue weighted by molar-refractivity contribution is -0.136. The molecule has 0 bridgehead atoms. The molecule has 0 N–H and O–H groups in total. The van der Waals surface area contributed by atoms with Crippen LogP contribution < -0.4 is 14.4 Å². The van der Waals surface area contributed by atoms with Crippen LogP contribution in [0.2, 0.25) is 0 Å². The number of imide groups is 1. The highest BCUT2D eigenvalue weighted by Gasteiger charge is 2.36. The fraction of sp³-hybridized carbons (Fsp3) is 0.0357. The molecule has 6 heteroatoms. The Morgan fingerprint density at radius 1 is 0.618 bits per heavy atom. The van der Waals surface area contributed by atoms with E-state index in [0.717, 1.165) is 16.0 Å². The maximum Gasteiger partial charge on any atom is 0.349 e. The van der Waals surface area contributed by atoms with Gasteiger partial charge in [0.25, 0.3) is 11.8 Å². The number of fused-ring (bicyclic) bond motifs is 1. The summed E-state index contributed by atoms with van der Waals surface area (Å²) < 4.78 is 10.8. The molecule has 2 amide bonds. The summed E-state index contributed by atoms with van der Waals surface area (Å²) in [7, 11) is 0. The molecule has 4 aromatic carbocycles. The van der Waals surface area contributed by atoms with Gasteiger partial charge in [-0.25, -0.2) is 9.69 Å². The second-order valence-corrected chi connectivity index (χ2v) is 7.64. The summed E-state index contributed by atoms with van der Waals surface area (Å²) in [5, 5.41) is 0. The molecule has 0 spiro atoms. The van der Waals surface area contributed by atoms with Gasteiger partial charge in [-0.1, -0.05) is 54.6 Å². The largest absolute Gasteiger partial charge is 0.482 e. The first-order chi connectivity index (χ1) is 16.6. The summed E-state index contributed by atoms with van der Waals surface area (Å²) in [5.41, 5.74) is 3.29. The molecule has 0 aliphatic carbocycles. The van der Waals surface area contributed by atoms with Gasteiger partial charge < -0.3 is 9.47 Å². The Balaban J connectivity index is 1.18. The second kappa shape index (κ2) is 9.03. The maximum absolute atomic E-state index is 12.6. The highest BCUT2D eigenvalue weighted by molar-refractivity contribution is 6.34. The highest BCUT2D eigenvalue weighted by Crippen LogP contribution is 2.29. The molecule has 34 heavy (non-hydrogen) atoms. The van der Waals surface area contributed by atoms with E-state index in [1.54, 1.807) is 48.5 Å². The maximum atomic E-state index is 12.6. The standard InChI is InChI=1S/C28H19NO5/c30-26(18-33-22-14-10-20(11-15-22)19-6-2-1-3-7-19)34-23-16-12-21(13-17-23)29-27(31)24-8-4-5-9-25(24)28(29)32/h1-17H,18H2. The predicted octanol–water partition coefficient (Wildman–Crippen LogP) is 5.14. The minimum absolute atomic E-state index is 0.259. The van der Waals surface area contributed by atoms with Gasteiger partial charge in [0, 0.05) is 0 Å². The van der Waals surface area contributed by atoms with Crippen LogP contribution in [0.5, 0.6) is 11.5 Å². The molecular formula is C28H19NO5. The van der Waals surface area contributed by atoms with E-state index in [9.17, 15) is 14.4 Å². The second-order valence-electron chi connectivity index (χ2n) is 7.64. The lowest BCUT2D eigenvalue weighted by atomic mass is 10.1. The van der Waals surface area contributed by atoms with Gasteiger partial charge in [0.1, 0.15) is 11.5 Å². The summed E-state index contributed by atoms with van der Waals surface area (Å²) >= 11 is 0. The van der Waals surface area contributed by atoms with Crippen LogP contribution in [0.4, 0.5) is 5.69 Å². The van der Waals surface area contributed by atoms with Crippen LogP contribution in [-0.4, -0.2) is 24.4 Å². The van der Waals surface area contributed by atoms with Crippen molar-refractivity contribution in [2.75, 3.05) is 11.5 Å². The van der Waals surface area contributed by atoms with Gasteiger partial charge >= 0.3 is 5.97 Å². The van der Waals surface area contributed by atoms with Crippen LogP contribution in [0, 0.1) is 0 Å². The van der Waals surface area contributed by atoms with Crippen LogP contribution in [-0.2, 0) is 4.79 Å². The lowest BCUT2D eigenvalue weighted by Crippen LogP contribution is -2.29. The first-order valence-electron chi connectivity index (χ1n) is 10.7. The van der Waals surface area contributed by atoms with Crippen LogP contribution in [0.1, 0.15) is 20.7 Å². The van der Waals surface area contributed by atoms with Crippen LogP contribution in [0.15, 0.2) is 103 Å². The number of anilines is 1. The normalized spacial score (nSPS) is 12.4. The zero-order valence-electron chi connectivity index (χ0n) is 18.0. The quantitative estimate of drug-likeness (QED) is 0.232. The smallest absolute Gasteiger partial charge is 0.349 e. The third kappa shape index (κ3) is 4.17. The molecule has 0 saturated carbocycles. The zero-order chi connectivity index (χ0) is 23.5. The molecule has 166 valence electrons. The minimum Gasteiger partial charge on any atom is -0.482 e. The third-order valence-electron chi connectivity index (χ3n) is 5.44. The average Bonchev–Trinajstić information content (AvgIpc) is 3.14. The molecule has 0 unspecified atom stereocenters. The number of rotatable bonds is 6. The molecule has 5 rings (SSSR count). The Morgan fingerprint density at radius 2 is 1.15 bits per heavy atom. The number of benzene rings is 4. The summed E-state index contributed by atoms with van der Waals surface area (Å²) in [6.45, 7) is -0.259. The van der Waals surface area contributed by atoms with Crippen LogP contribution in [0.25, 0.3) is 11.1 Å². The van der Waals surface area contributed by atoms with Gasteiger partial charge in [-0.15, -0.1) is 0 Å². The van der Waals surface area contributed by atoms with Crippen molar-refractivity contribution in [1.29, 1.82) is 0 Å². The van der Waals surface area contributed by atoms with Gasteiger partial charge in [-0.05, 0) is 59.7 Å². The molecule has 0 aromatic heterocycles. The van der Waals surface area contributed by atoms with Crippen molar-refractivity contribution >= 4 is 23.5 Å². The summed E-state index contributed by atoms with van der Waals surface area (Å²) in [4.78, 5) is 38.5. The van der Waals surface area contributed by atoms with Gasteiger partial charge in [0.15, 0.2) is 6.61 Å². The summed E-state index contributed by atoms with van der Waals surface area (Å²) in [5.74, 6) is -0.486. The number of nitrogens with zero attached hydrogens (tertiary/aromatic N) is 1. The van der Waals surface area contributed by atoms with Crippen LogP contribution >= 0.6 is 0 Å². The molecule has 4 aromatic rings. The summed E-state index contributed by atoms with van der Waals surface area (Å²) in [6.07, 6.45) is 0. The van der Waals surface area contributed by atoms with E-state index in [0.29, 0.717) is 22.6 Å². The topological polar surface area (TPSA) is 72.9 Å². The number of carbonyl (C=O) groups is 3. The molecule has 0 saturated heterocycles. The zero-order valence-corrected chi connectivity index (χ0v) is 18.0. The van der Waals surface area contributed by atoms with Crippen molar-refractivity contribution in [3.8, 4) is 22.6 Å². The molecule has 1 aliphatic heterocycles. The lowest BCUT2D eigenvalue weighted by Gasteiger charge is -2.14. The van der Waals surface area contributed by atoms with E-state index in [1.807, 2.05) is 42.5 Å². The van der Waals surface area contributed by atoms with Gasteiger partial charge in [-0.3, -0.25) is 9.59 Å². The van der Waals surface area contributed by atoms with E-state index < -0.39 is 5.97 Å². The van der Waals surface area contributed by atoms with Gasteiger partial charge in [0.05, 0.1) is 16.8 Å². The van der Waals surface area contributed by atoms with E-state index >= 15 is 0 Å². The Labute approximate surface area is 196 Å². The molecule has 1 aliphatic rings. The molecule has 0 atom stereocenters. The SMILES string of the molecule is O=C(COc1ccc(-c2ccccc2)cc1)Oc1ccc(N2C(=O)c3ccccc3C2=O)cc1. The molecular weight excluding hydrogens is 430 g/mol.